The molecule has 150 valence electrons. The molecule has 1 atom stereocenters. The minimum atomic E-state index is -0.146. The van der Waals surface area contributed by atoms with E-state index in [1.807, 2.05) is 23.1 Å². The molecule has 3 rings (SSSR count). The zero-order chi connectivity index (χ0) is 19.8. The Morgan fingerprint density at radius 1 is 1.00 bits per heavy atom. The number of amides is 1. The Labute approximate surface area is 168 Å². The van der Waals surface area contributed by atoms with Crippen LogP contribution in [0.15, 0.2) is 54.6 Å². The summed E-state index contributed by atoms with van der Waals surface area (Å²) in [5.74, 6) is 0.491. The fourth-order valence-corrected chi connectivity index (χ4v) is 3.83. The lowest BCUT2D eigenvalue weighted by Gasteiger charge is -2.23. The molecule has 0 spiro atoms. The van der Waals surface area contributed by atoms with Crippen molar-refractivity contribution < 1.29 is 9.18 Å². The molecule has 1 aliphatic heterocycles. The van der Waals surface area contributed by atoms with Crippen LogP contribution in [0.4, 0.5) is 4.39 Å². The number of aryl methyl sites for hydroxylation is 1. The maximum atomic E-state index is 13.9. The second-order valence-corrected chi connectivity index (χ2v) is 7.94. The average molecular weight is 383 g/mol. The molecule has 0 aromatic heterocycles. The zero-order valence-corrected chi connectivity index (χ0v) is 16.8. The van der Waals surface area contributed by atoms with E-state index in [2.05, 4.69) is 36.1 Å². The predicted octanol–water partition coefficient (Wildman–Crippen LogP) is 4.52. The van der Waals surface area contributed by atoms with Gasteiger partial charge in [0.15, 0.2) is 0 Å². The summed E-state index contributed by atoms with van der Waals surface area (Å²) in [5, 5.41) is 0. The standard InChI is InChI=1S/C24H31FN2O/c1-20(12-13-21-8-3-2-4-9-21)18-24(28)27-15-7-14-26(16-17-27)19-22-10-5-6-11-23(22)25/h2-6,8-11,20H,7,12-19H2,1H3. The minimum absolute atomic E-state index is 0.146. The van der Waals surface area contributed by atoms with Crippen LogP contribution in [0.25, 0.3) is 0 Å². The summed E-state index contributed by atoms with van der Waals surface area (Å²) in [5.41, 5.74) is 2.07. The Balaban J connectivity index is 1.44. The van der Waals surface area contributed by atoms with Gasteiger partial charge in [-0.15, -0.1) is 0 Å². The van der Waals surface area contributed by atoms with E-state index in [0.717, 1.165) is 51.0 Å². The molecule has 1 amide bonds. The molecule has 4 heteroatoms. The van der Waals surface area contributed by atoms with Gasteiger partial charge in [0.1, 0.15) is 5.82 Å². The molecule has 1 saturated heterocycles. The first kappa shape index (κ1) is 20.5. The first-order chi connectivity index (χ1) is 13.6. The third kappa shape index (κ3) is 6.16. The molecule has 28 heavy (non-hydrogen) atoms. The molecular weight excluding hydrogens is 351 g/mol. The SMILES string of the molecule is CC(CCc1ccccc1)CC(=O)N1CCCN(Cc2ccccc2F)CC1. The maximum absolute atomic E-state index is 13.9. The van der Waals surface area contributed by atoms with Gasteiger partial charge in [0.05, 0.1) is 0 Å². The molecule has 1 heterocycles. The van der Waals surface area contributed by atoms with Crippen LogP contribution in [0, 0.1) is 11.7 Å². The lowest BCUT2D eigenvalue weighted by molar-refractivity contribution is -0.132. The number of halogens is 1. The van der Waals surface area contributed by atoms with Crippen LogP contribution in [0.3, 0.4) is 0 Å². The van der Waals surface area contributed by atoms with Crippen molar-refractivity contribution in [3.8, 4) is 0 Å². The van der Waals surface area contributed by atoms with Gasteiger partial charge in [-0.3, -0.25) is 9.69 Å². The number of hydrogen-bond donors (Lipinski definition) is 0. The number of carbonyl (C=O) groups excluding carboxylic acids is 1. The van der Waals surface area contributed by atoms with Gasteiger partial charge in [-0.05, 0) is 36.8 Å². The lowest BCUT2D eigenvalue weighted by atomic mass is 9.97. The van der Waals surface area contributed by atoms with E-state index in [1.165, 1.54) is 11.6 Å². The monoisotopic (exact) mass is 382 g/mol. The Morgan fingerprint density at radius 2 is 1.75 bits per heavy atom. The first-order valence-electron chi connectivity index (χ1n) is 10.4. The van der Waals surface area contributed by atoms with Gasteiger partial charge in [-0.1, -0.05) is 55.5 Å². The fraction of sp³-hybridized carbons (Fsp3) is 0.458. The molecule has 0 saturated carbocycles. The van der Waals surface area contributed by atoms with E-state index in [0.29, 0.717) is 18.9 Å². The summed E-state index contributed by atoms with van der Waals surface area (Å²) in [6.07, 6.45) is 3.60. The Morgan fingerprint density at radius 3 is 2.54 bits per heavy atom. The minimum Gasteiger partial charge on any atom is -0.341 e. The van der Waals surface area contributed by atoms with Crippen molar-refractivity contribution in [3.05, 3.63) is 71.5 Å². The highest BCUT2D eigenvalue weighted by atomic mass is 19.1. The van der Waals surface area contributed by atoms with Crippen molar-refractivity contribution in [2.24, 2.45) is 5.92 Å². The Kier molecular flexibility index (Phi) is 7.61. The van der Waals surface area contributed by atoms with Gasteiger partial charge < -0.3 is 4.90 Å². The van der Waals surface area contributed by atoms with E-state index < -0.39 is 0 Å². The second kappa shape index (κ2) is 10.4. The molecule has 3 nitrogen and oxygen atoms in total. The van der Waals surface area contributed by atoms with Crippen molar-refractivity contribution in [2.45, 2.75) is 39.2 Å². The van der Waals surface area contributed by atoms with Crippen molar-refractivity contribution in [2.75, 3.05) is 26.2 Å². The zero-order valence-electron chi connectivity index (χ0n) is 16.8. The highest BCUT2D eigenvalue weighted by Gasteiger charge is 2.21. The molecule has 1 unspecified atom stereocenters. The molecule has 0 radical (unpaired) electrons. The number of carbonyl (C=O) groups is 1. The van der Waals surface area contributed by atoms with Gasteiger partial charge in [-0.2, -0.15) is 0 Å². The second-order valence-electron chi connectivity index (χ2n) is 7.94. The molecule has 1 aliphatic rings. The number of nitrogens with zero attached hydrogens (tertiary/aromatic N) is 2. The normalized spacial score (nSPS) is 16.6. The Hall–Kier alpha value is -2.20. The smallest absolute Gasteiger partial charge is 0.222 e. The van der Waals surface area contributed by atoms with Gasteiger partial charge in [0.25, 0.3) is 0 Å². The molecular formula is C24H31FN2O. The quantitative estimate of drug-likeness (QED) is 0.703. The predicted molar refractivity (Wildman–Crippen MR) is 111 cm³/mol. The van der Waals surface area contributed by atoms with E-state index in [-0.39, 0.29) is 11.7 Å². The van der Waals surface area contributed by atoms with Crippen molar-refractivity contribution in [3.63, 3.8) is 0 Å². The van der Waals surface area contributed by atoms with Crippen LogP contribution in [-0.2, 0) is 17.8 Å². The van der Waals surface area contributed by atoms with Crippen LogP contribution < -0.4 is 0 Å². The molecule has 0 bridgehead atoms. The molecule has 0 aliphatic carbocycles. The lowest BCUT2D eigenvalue weighted by Crippen LogP contribution is -2.35. The van der Waals surface area contributed by atoms with Crippen LogP contribution in [0.1, 0.15) is 37.3 Å². The fourth-order valence-electron chi connectivity index (χ4n) is 3.83. The number of benzene rings is 2. The maximum Gasteiger partial charge on any atom is 0.222 e. The summed E-state index contributed by atoms with van der Waals surface area (Å²) >= 11 is 0. The van der Waals surface area contributed by atoms with Crippen molar-refractivity contribution in [1.29, 1.82) is 0 Å². The van der Waals surface area contributed by atoms with Crippen LogP contribution in [0.5, 0.6) is 0 Å². The first-order valence-corrected chi connectivity index (χ1v) is 10.4. The Bertz CT molecular complexity index is 749. The highest BCUT2D eigenvalue weighted by Crippen LogP contribution is 2.16. The van der Waals surface area contributed by atoms with E-state index in [9.17, 15) is 9.18 Å². The van der Waals surface area contributed by atoms with Crippen LogP contribution >= 0.6 is 0 Å². The summed E-state index contributed by atoms with van der Waals surface area (Å²) in [4.78, 5) is 17.0. The summed E-state index contributed by atoms with van der Waals surface area (Å²) in [6.45, 7) is 6.03. The van der Waals surface area contributed by atoms with Gasteiger partial charge in [0.2, 0.25) is 5.91 Å². The van der Waals surface area contributed by atoms with Gasteiger partial charge in [-0.25, -0.2) is 4.39 Å². The molecule has 2 aromatic rings. The summed E-state index contributed by atoms with van der Waals surface area (Å²) in [7, 11) is 0. The largest absolute Gasteiger partial charge is 0.341 e. The van der Waals surface area contributed by atoms with Crippen LogP contribution in [-0.4, -0.2) is 41.9 Å². The average Bonchev–Trinajstić information content (AvgIpc) is 2.95. The molecule has 1 fully saturated rings. The van der Waals surface area contributed by atoms with E-state index in [4.69, 9.17) is 0 Å². The third-order valence-electron chi connectivity index (χ3n) is 5.58. The van der Waals surface area contributed by atoms with Crippen LogP contribution in [0.2, 0.25) is 0 Å². The summed E-state index contributed by atoms with van der Waals surface area (Å²) < 4.78 is 13.9. The van der Waals surface area contributed by atoms with E-state index >= 15 is 0 Å². The van der Waals surface area contributed by atoms with Crippen molar-refractivity contribution in [1.82, 2.24) is 9.80 Å². The highest BCUT2D eigenvalue weighted by molar-refractivity contribution is 5.76. The topological polar surface area (TPSA) is 23.6 Å². The third-order valence-corrected chi connectivity index (χ3v) is 5.58. The molecule has 0 N–H and O–H groups in total. The van der Waals surface area contributed by atoms with Crippen molar-refractivity contribution >= 4 is 5.91 Å². The van der Waals surface area contributed by atoms with Gasteiger partial charge in [0, 0.05) is 44.7 Å². The summed E-state index contributed by atoms with van der Waals surface area (Å²) in [6, 6.07) is 17.4. The number of hydrogen-bond acceptors (Lipinski definition) is 2. The van der Waals surface area contributed by atoms with Gasteiger partial charge >= 0.3 is 0 Å². The van der Waals surface area contributed by atoms with E-state index in [1.54, 1.807) is 6.07 Å². The molecule has 2 aromatic carbocycles. The number of rotatable bonds is 7.